The Morgan fingerprint density at radius 3 is 2.59 bits per heavy atom. The largest absolute Gasteiger partial charge is 0.390 e. The van der Waals surface area contributed by atoms with Gasteiger partial charge in [0.05, 0.1) is 17.6 Å². The molecule has 0 saturated carbocycles. The average Bonchev–Trinajstić information content (AvgIpc) is 2.50. The van der Waals surface area contributed by atoms with E-state index >= 15 is 0 Å². The number of hydrogen-bond acceptors (Lipinski definition) is 5. The van der Waals surface area contributed by atoms with Crippen molar-refractivity contribution < 1.29 is 13.5 Å². The summed E-state index contributed by atoms with van der Waals surface area (Å²) in [5, 5.41) is 12.7. The molecule has 1 saturated heterocycles. The molecule has 1 fully saturated rings. The van der Waals surface area contributed by atoms with Crippen LogP contribution < -0.4 is 5.32 Å². The van der Waals surface area contributed by atoms with Gasteiger partial charge in [0.2, 0.25) is 0 Å². The summed E-state index contributed by atoms with van der Waals surface area (Å²) in [7, 11) is -0.989. The van der Waals surface area contributed by atoms with Gasteiger partial charge in [-0.1, -0.05) is 6.92 Å². The molecule has 0 radical (unpaired) electrons. The van der Waals surface area contributed by atoms with E-state index in [-0.39, 0.29) is 17.5 Å². The minimum absolute atomic E-state index is 0.0568. The van der Waals surface area contributed by atoms with E-state index in [2.05, 4.69) is 31.1 Å². The maximum absolute atomic E-state index is 11.3. The monoisotopic (exact) mass is 264 g/mol. The number of sulfone groups is 1. The number of nitrogens with zero attached hydrogens (tertiary/aromatic N) is 1. The number of rotatable bonds is 6. The Balaban J connectivity index is 2.28. The Hall–Kier alpha value is -0.170. The van der Waals surface area contributed by atoms with Crippen molar-refractivity contribution in [2.24, 2.45) is 0 Å². The molecule has 0 aromatic carbocycles. The van der Waals surface area contributed by atoms with E-state index in [1.54, 1.807) is 0 Å². The normalized spacial score (nSPS) is 29.7. The quantitative estimate of drug-likeness (QED) is 0.674. The van der Waals surface area contributed by atoms with Crippen LogP contribution in [-0.4, -0.2) is 68.3 Å². The molecule has 0 aliphatic carbocycles. The highest BCUT2D eigenvalue weighted by atomic mass is 32.2. The van der Waals surface area contributed by atoms with Crippen molar-refractivity contribution in [3.8, 4) is 0 Å². The van der Waals surface area contributed by atoms with Crippen molar-refractivity contribution in [2.75, 3.05) is 31.6 Å². The summed E-state index contributed by atoms with van der Waals surface area (Å²) in [6.45, 7) is 5.87. The molecule has 6 heteroatoms. The second kappa shape index (κ2) is 6.13. The van der Waals surface area contributed by atoms with E-state index in [0.29, 0.717) is 12.6 Å². The van der Waals surface area contributed by atoms with Crippen molar-refractivity contribution in [3.63, 3.8) is 0 Å². The van der Waals surface area contributed by atoms with E-state index < -0.39 is 15.9 Å². The maximum Gasteiger partial charge on any atom is 0.154 e. The van der Waals surface area contributed by atoms with Crippen LogP contribution >= 0.6 is 0 Å². The zero-order valence-electron chi connectivity index (χ0n) is 10.9. The Bertz CT molecular complexity index is 332. The molecule has 1 aliphatic rings. The third kappa shape index (κ3) is 4.54. The fraction of sp³-hybridized carbons (Fsp3) is 1.00. The number of aliphatic hydroxyl groups is 1. The van der Waals surface area contributed by atoms with E-state index in [9.17, 15) is 13.5 Å². The van der Waals surface area contributed by atoms with Gasteiger partial charge < -0.3 is 15.3 Å². The Kier molecular flexibility index (Phi) is 5.37. The summed E-state index contributed by atoms with van der Waals surface area (Å²) in [6.07, 6.45) is 0.339. The molecule has 1 aliphatic heterocycles. The molecule has 17 heavy (non-hydrogen) atoms. The van der Waals surface area contributed by atoms with E-state index in [0.717, 1.165) is 13.0 Å². The van der Waals surface area contributed by atoms with Gasteiger partial charge in [0, 0.05) is 25.2 Å². The summed E-state index contributed by atoms with van der Waals surface area (Å²) in [4.78, 5) is 2.23. The lowest BCUT2D eigenvalue weighted by atomic mass is 10.2. The molecule has 1 rings (SSSR count). The second-order valence-corrected chi connectivity index (χ2v) is 7.10. The molecule has 0 spiro atoms. The van der Waals surface area contributed by atoms with Gasteiger partial charge >= 0.3 is 0 Å². The molecule has 3 unspecified atom stereocenters. The summed E-state index contributed by atoms with van der Waals surface area (Å²) in [5.41, 5.74) is 0. The lowest BCUT2D eigenvalue weighted by Crippen LogP contribution is -2.43. The molecular weight excluding hydrogens is 240 g/mol. The second-order valence-electron chi connectivity index (χ2n) is 4.94. The van der Waals surface area contributed by atoms with Crippen molar-refractivity contribution in [3.05, 3.63) is 0 Å². The van der Waals surface area contributed by atoms with Crippen LogP contribution in [0.15, 0.2) is 0 Å². The molecule has 3 atom stereocenters. The molecule has 1 heterocycles. The van der Waals surface area contributed by atoms with Gasteiger partial charge in [0.1, 0.15) is 0 Å². The zero-order chi connectivity index (χ0) is 13.1. The van der Waals surface area contributed by atoms with Gasteiger partial charge in [-0.15, -0.1) is 0 Å². The smallest absolute Gasteiger partial charge is 0.154 e. The highest BCUT2D eigenvalue weighted by molar-refractivity contribution is 7.91. The van der Waals surface area contributed by atoms with Crippen LogP contribution in [0, 0.1) is 0 Å². The lowest BCUT2D eigenvalue weighted by Gasteiger charge is -2.24. The van der Waals surface area contributed by atoms with Crippen LogP contribution in [0.2, 0.25) is 0 Å². The Morgan fingerprint density at radius 2 is 2.12 bits per heavy atom. The predicted octanol–water partition coefficient (Wildman–Crippen LogP) is -0.536. The molecule has 0 bridgehead atoms. The van der Waals surface area contributed by atoms with Crippen molar-refractivity contribution in [2.45, 2.75) is 38.5 Å². The van der Waals surface area contributed by atoms with Gasteiger partial charge in [0.15, 0.2) is 9.84 Å². The highest BCUT2D eigenvalue weighted by Gasteiger charge is 2.35. The third-order valence-corrected chi connectivity index (χ3v) is 5.25. The van der Waals surface area contributed by atoms with Gasteiger partial charge in [-0.05, 0) is 20.4 Å². The highest BCUT2D eigenvalue weighted by Crippen LogP contribution is 2.12. The number of aliphatic hydroxyl groups excluding tert-OH is 1. The summed E-state index contributed by atoms with van der Waals surface area (Å²) < 4.78 is 22.6. The standard InChI is InChI=1S/C11H24N2O3S/c1-4-9(2)13(3)6-5-12-10-7-17(15,16)8-11(10)14/h9-12,14H,4-8H2,1-3H3. The molecule has 5 nitrogen and oxygen atoms in total. The molecule has 0 aromatic heterocycles. The first-order valence-corrected chi connectivity index (χ1v) is 8.00. The summed E-state index contributed by atoms with van der Waals surface area (Å²) in [6, 6.07) is 0.222. The number of hydrogen-bond donors (Lipinski definition) is 2. The number of nitrogens with one attached hydrogen (secondary N) is 1. The SMILES string of the molecule is CCC(C)N(C)CCNC1CS(=O)(=O)CC1O. The van der Waals surface area contributed by atoms with E-state index in [4.69, 9.17) is 0 Å². The van der Waals surface area contributed by atoms with Crippen LogP contribution in [0.25, 0.3) is 0 Å². The maximum atomic E-state index is 11.3. The first-order valence-electron chi connectivity index (χ1n) is 6.18. The third-order valence-electron chi connectivity index (χ3n) is 3.54. The van der Waals surface area contributed by atoms with Crippen LogP contribution in [0.4, 0.5) is 0 Å². The predicted molar refractivity (Wildman–Crippen MR) is 68.8 cm³/mol. The van der Waals surface area contributed by atoms with Crippen molar-refractivity contribution in [1.82, 2.24) is 10.2 Å². The molecule has 102 valence electrons. The lowest BCUT2D eigenvalue weighted by molar-refractivity contribution is 0.161. The topological polar surface area (TPSA) is 69.6 Å². The van der Waals surface area contributed by atoms with E-state index in [1.807, 2.05) is 0 Å². The van der Waals surface area contributed by atoms with E-state index in [1.165, 1.54) is 0 Å². The minimum atomic E-state index is -3.04. The van der Waals surface area contributed by atoms with Crippen LogP contribution in [-0.2, 0) is 9.84 Å². The average molecular weight is 264 g/mol. The summed E-state index contributed by atoms with van der Waals surface area (Å²) >= 11 is 0. The van der Waals surface area contributed by atoms with Crippen LogP contribution in [0.5, 0.6) is 0 Å². The zero-order valence-corrected chi connectivity index (χ0v) is 11.7. The number of likely N-dealkylation sites (N-methyl/N-ethyl adjacent to an activating group) is 1. The molecule has 2 N–H and O–H groups in total. The van der Waals surface area contributed by atoms with Gasteiger partial charge in [0.25, 0.3) is 0 Å². The van der Waals surface area contributed by atoms with Crippen LogP contribution in [0.3, 0.4) is 0 Å². The van der Waals surface area contributed by atoms with Gasteiger partial charge in [-0.25, -0.2) is 8.42 Å². The fourth-order valence-electron chi connectivity index (χ4n) is 1.98. The summed E-state index contributed by atoms with van der Waals surface area (Å²) in [5.74, 6) is -0.0485. The Labute approximate surface area is 104 Å². The fourth-order valence-corrected chi connectivity index (χ4v) is 3.76. The molecular formula is C11H24N2O3S. The van der Waals surface area contributed by atoms with Crippen LogP contribution in [0.1, 0.15) is 20.3 Å². The Morgan fingerprint density at radius 1 is 1.47 bits per heavy atom. The first kappa shape index (κ1) is 14.9. The van der Waals surface area contributed by atoms with Crippen molar-refractivity contribution in [1.29, 1.82) is 0 Å². The first-order chi connectivity index (χ1) is 7.85. The minimum Gasteiger partial charge on any atom is -0.390 e. The van der Waals surface area contributed by atoms with Gasteiger partial charge in [-0.2, -0.15) is 0 Å². The molecule has 0 aromatic rings. The van der Waals surface area contributed by atoms with Gasteiger partial charge in [-0.3, -0.25) is 0 Å². The molecule has 0 amide bonds. The van der Waals surface area contributed by atoms with Crippen molar-refractivity contribution >= 4 is 9.84 Å².